The predicted molar refractivity (Wildman–Crippen MR) is 79.9 cm³/mol. The Bertz CT molecular complexity index is 519. The topological polar surface area (TPSA) is 80.0 Å². The third kappa shape index (κ3) is 2.49. The van der Waals surface area contributed by atoms with E-state index in [-0.39, 0.29) is 5.91 Å². The number of hydrogen-bond donors (Lipinski definition) is 3. The molecule has 5 nitrogen and oxygen atoms in total. The Kier molecular flexibility index (Phi) is 2.87. The van der Waals surface area contributed by atoms with Crippen molar-refractivity contribution in [3.63, 3.8) is 0 Å². The van der Waals surface area contributed by atoms with Crippen molar-refractivity contribution in [1.82, 2.24) is 9.69 Å². The standard InChI is InChI=1S/C14H20N4OS/c15-12-10(13(19)16-9-5-6-9)14(20-18-12)17-11(7-1-2-7)8-3-4-8/h7-9,11,17H,1-6H2,(H2,15,18)(H,16,19). The molecule has 0 radical (unpaired) electrons. The van der Waals surface area contributed by atoms with Crippen molar-refractivity contribution >= 4 is 28.3 Å². The minimum absolute atomic E-state index is 0.0633. The van der Waals surface area contributed by atoms with Crippen LogP contribution < -0.4 is 16.4 Å². The molecule has 0 atom stereocenters. The summed E-state index contributed by atoms with van der Waals surface area (Å²) in [5, 5.41) is 7.46. The molecular formula is C14H20N4OS. The highest BCUT2D eigenvalue weighted by molar-refractivity contribution is 7.11. The molecule has 0 aromatic carbocycles. The quantitative estimate of drug-likeness (QED) is 0.751. The van der Waals surface area contributed by atoms with E-state index in [4.69, 9.17) is 5.73 Å². The summed E-state index contributed by atoms with van der Waals surface area (Å²) in [6.45, 7) is 0. The maximum atomic E-state index is 12.3. The molecule has 0 aliphatic heterocycles. The van der Waals surface area contributed by atoms with Crippen LogP contribution in [0.1, 0.15) is 48.9 Å². The van der Waals surface area contributed by atoms with Crippen LogP contribution in [-0.2, 0) is 0 Å². The fourth-order valence-corrected chi connectivity index (χ4v) is 3.55. The molecule has 1 aromatic rings. The number of carbonyl (C=O) groups excluding carboxylic acids is 1. The second kappa shape index (κ2) is 4.62. The van der Waals surface area contributed by atoms with Gasteiger partial charge >= 0.3 is 0 Å². The van der Waals surface area contributed by atoms with Gasteiger partial charge in [0, 0.05) is 12.1 Å². The van der Waals surface area contributed by atoms with Gasteiger partial charge in [-0.05, 0) is 61.9 Å². The Balaban J connectivity index is 1.52. The molecule has 0 unspecified atom stereocenters. The maximum Gasteiger partial charge on any atom is 0.258 e. The van der Waals surface area contributed by atoms with E-state index in [1.807, 2.05) is 0 Å². The molecule has 6 heteroatoms. The number of amides is 1. The normalized spacial score (nSPS) is 22.1. The van der Waals surface area contributed by atoms with Gasteiger partial charge in [-0.3, -0.25) is 4.79 Å². The molecule has 3 saturated carbocycles. The zero-order valence-corrected chi connectivity index (χ0v) is 12.2. The SMILES string of the molecule is Nc1nsc(NC(C2CC2)C2CC2)c1C(=O)NC1CC1. The van der Waals surface area contributed by atoms with E-state index >= 15 is 0 Å². The van der Waals surface area contributed by atoms with Crippen molar-refractivity contribution in [1.29, 1.82) is 0 Å². The highest BCUT2D eigenvalue weighted by Crippen LogP contribution is 2.46. The lowest BCUT2D eigenvalue weighted by Crippen LogP contribution is -2.29. The van der Waals surface area contributed by atoms with Crippen molar-refractivity contribution in [2.75, 3.05) is 11.1 Å². The van der Waals surface area contributed by atoms with E-state index in [0.717, 1.165) is 29.7 Å². The smallest absolute Gasteiger partial charge is 0.258 e. The van der Waals surface area contributed by atoms with E-state index in [0.29, 0.717) is 23.5 Å². The number of anilines is 2. The lowest BCUT2D eigenvalue weighted by Gasteiger charge is -2.18. The van der Waals surface area contributed by atoms with Crippen molar-refractivity contribution in [2.24, 2.45) is 11.8 Å². The van der Waals surface area contributed by atoms with Crippen molar-refractivity contribution in [3.8, 4) is 0 Å². The Hall–Kier alpha value is -1.30. The van der Waals surface area contributed by atoms with Crippen LogP contribution >= 0.6 is 11.5 Å². The number of nitrogens with two attached hydrogens (primary N) is 1. The Morgan fingerprint density at radius 3 is 2.40 bits per heavy atom. The van der Waals surface area contributed by atoms with Gasteiger partial charge in [0.2, 0.25) is 0 Å². The van der Waals surface area contributed by atoms with Gasteiger partial charge < -0.3 is 16.4 Å². The minimum atomic E-state index is -0.0633. The summed E-state index contributed by atoms with van der Waals surface area (Å²) in [7, 11) is 0. The third-order valence-corrected chi connectivity index (χ3v) is 5.21. The van der Waals surface area contributed by atoms with Gasteiger partial charge in [-0.1, -0.05) is 0 Å². The number of nitrogens with one attached hydrogen (secondary N) is 2. The number of aromatic nitrogens is 1. The lowest BCUT2D eigenvalue weighted by atomic mass is 10.1. The molecule has 4 rings (SSSR count). The van der Waals surface area contributed by atoms with Crippen LogP contribution in [0.25, 0.3) is 0 Å². The highest BCUT2D eigenvalue weighted by atomic mass is 32.1. The summed E-state index contributed by atoms with van der Waals surface area (Å²) >= 11 is 1.32. The number of nitrogen functional groups attached to an aromatic ring is 1. The first-order chi connectivity index (χ1) is 9.72. The molecule has 1 amide bonds. The number of nitrogens with zero attached hydrogens (tertiary/aromatic N) is 1. The molecule has 3 aliphatic carbocycles. The highest BCUT2D eigenvalue weighted by Gasteiger charge is 2.42. The van der Waals surface area contributed by atoms with E-state index in [9.17, 15) is 4.79 Å². The van der Waals surface area contributed by atoms with E-state index in [1.165, 1.54) is 37.2 Å². The van der Waals surface area contributed by atoms with Gasteiger partial charge in [0.25, 0.3) is 5.91 Å². The molecule has 0 bridgehead atoms. The van der Waals surface area contributed by atoms with Crippen molar-refractivity contribution < 1.29 is 4.79 Å². The third-order valence-electron chi connectivity index (χ3n) is 4.42. The van der Waals surface area contributed by atoms with Gasteiger partial charge in [0.1, 0.15) is 10.6 Å². The van der Waals surface area contributed by atoms with Crippen LogP contribution in [0.5, 0.6) is 0 Å². The molecule has 1 heterocycles. The Labute approximate surface area is 122 Å². The zero-order valence-electron chi connectivity index (χ0n) is 11.4. The van der Waals surface area contributed by atoms with Crippen LogP contribution in [0.15, 0.2) is 0 Å². The van der Waals surface area contributed by atoms with Crippen LogP contribution in [-0.4, -0.2) is 22.4 Å². The number of rotatable bonds is 6. The monoisotopic (exact) mass is 292 g/mol. The zero-order chi connectivity index (χ0) is 13.7. The van der Waals surface area contributed by atoms with Crippen LogP contribution in [0.2, 0.25) is 0 Å². The minimum Gasteiger partial charge on any atom is -0.382 e. The summed E-state index contributed by atoms with van der Waals surface area (Å²) in [6.07, 6.45) is 7.41. The van der Waals surface area contributed by atoms with Crippen molar-refractivity contribution in [2.45, 2.75) is 50.6 Å². The Morgan fingerprint density at radius 2 is 1.85 bits per heavy atom. The summed E-state index contributed by atoms with van der Waals surface area (Å²) in [5.41, 5.74) is 6.46. The summed E-state index contributed by atoms with van der Waals surface area (Å²) in [6, 6.07) is 0.861. The fourth-order valence-electron chi connectivity index (χ4n) is 2.79. The van der Waals surface area contributed by atoms with E-state index in [1.54, 1.807) is 0 Å². The van der Waals surface area contributed by atoms with E-state index in [2.05, 4.69) is 15.0 Å². The second-order valence-corrected chi connectivity index (χ2v) is 7.14. The Morgan fingerprint density at radius 1 is 1.20 bits per heavy atom. The van der Waals surface area contributed by atoms with Gasteiger partial charge in [-0.25, -0.2) is 0 Å². The summed E-state index contributed by atoms with van der Waals surface area (Å²) in [4.78, 5) is 12.3. The first kappa shape index (κ1) is 12.4. The molecule has 4 N–H and O–H groups in total. The molecule has 3 fully saturated rings. The molecular weight excluding hydrogens is 272 g/mol. The second-order valence-electron chi connectivity index (χ2n) is 6.36. The molecule has 20 heavy (non-hydrogen) atoms. The average Bonchev–Trinajstić information content (AvgIpc) is 3.25. The van der Waals surface area contributed by atoms with Crippen LogP contribution in [0.4, 0.5) is 10.8 Å². The first-order valence-corrected chi connectivity index (χ1v) is 8.32. The van der Waals surface area contributed by atoms with Crippen molar-refractivity contribution in [3.05, 3.63) is 5.56 Å². The van der Waals surface area contributed by atoms with E-state index < -0.39 is 0 Å². The molecule has 108 valence electrons. The van der Waals surface area contributed by atoms with Crippen LogP contribution in [0, 0.1) is 11.8 Å². The fraction of sp³-hybridized carbons (Fsp3) is 0.714. The molecule has 3 aliphatic rings. The first-order valence-electron chi connectivity index (χ1n) is 7.55. The average molecular weight is 292 g/mol. The number of hydrogen-bond acceptors (Lipinski definition) is 5. The van der Waals surface area contributed by atoms with Gasteiger partial charge in [0.05, 0.1) is 0 Å². The van der Waals surface area contributed by atoms with Gasteiger partial charge in [0.15, 0.2) is 5.82 Å². The summed E-state index contributed by atoms with van der Waals surface area (Å²) in [5.74, 6) is 1.86. The molecule has 0 saturated heterocycles. The lowest BCUT2D eigenvalue weighted by molar-refractivity contribution is 0.0953. The predicted octanol–water partition coefficient (Wildman–Crippen LogP) is 2.22. The van der Waals surface area contributed by atoms with Crippen LogP contribution in [0.3, 0.4) is 0 Å². The summed E-state index contributed by atoms with van der Waals surface area (Å²) < 4.78 is 4.17. The van der Waals surface area contributed by atoms with Gasteiger partial charge in [-0.15, -0.1) is 0 Å². The number of carbonyl (C=O) groups is 1. The maximum absolute atomic E-state index is 12.3. The molecule has 1 aromatic heterocycles. The van der Waals surface area contributed by atoms with Gasteiger partial charge in [-0.2, -0.15) is 4.37 Å². The molecule has 0 spiro atoms. The largest absolute Gasteiger partial charge is 0.382 e.